The highest BCUT2D eigenvalue weighted by molar-refractivity contribution is 9.10. The van der Waals surface area contributed by atoms with Gasteiger partial charge in [0, 0.05) is 44.4 Å². The standard InChI is InChI=1S/C51H44BrClN4O8S/c1-25-34-22-29(53)11-18-41(34)66-46(25)38-24-42(55(3)54-38)57-48(60)37-23-35-32(44(51(37,2)50(57)62)36-20-28(52)21-40(65-6)45(36)58)15-16-33-43(35)49(61)56(47(33)59)30-12-8-26(9-13-30)7-10-27-19-31(63-4)14-17-39(27)64-5/h7-15,17-22,24,33,35,37,43-44,58H,16,23H2,1-6H3/t33-,35+,37-,43-,44+,51+/m0/s1. The van der Waals surface area contributed by atoms with E-state index >= 15 is 9.59 Å². The average Bonchev–Trinajstić information content (AvgIpc) is 3.99. The number of imide groups is 2. The summed E-state index contributed by atoms with van der Waals surface area (Å²) in [4.78, 5) is 63.2. The Labute approximate surface area is 398 Å². The van der Waals surface area contributed by atoms with Crippen molar-refractivity contribution in [1.82, 2.24) is 9.78 Å². The van der Waals surface area contributed by atoms with Gasteiger partial charge in [-0.15, -0.1) is 11.3 Å². The first-order valence-corrected chi connectivity index (χ1v) is 23.4. The van der Waals surface area contributed by atoms with E-state index in [1.54, 1.807) is 74.5 Å². The molecule has 6 atom stereocenters. The maximum atomic E-state index is 15.4. The van der Waals surface area contributed by atoms with Crippen LogP contribution < -0.4 is 24.0 Å². The van der Waals surface area contributed by atoms with Crippen LogP contribution in [0.2, 0.25) is 5.02 Å². The van der Waals surface area contributed by atoms with E-state index in [9.17, 15) is 14.7 Å². The molecular weight excluding hydrogens is 944 g/mol. The molecule has 15 heteroatoms. The normalized spacial score (nSPS) is 23.7. The predicted octanol–water partition coefficient (Wildman–Crippen LogP) is 10.4. The molecule has 4 heterocycles. The van der Waals surface area contributed by atoms with E-state index in [1.807, 2.05) is 73.7 Å². The van der Waals surface area contributed by atoms with Gasteiger partial charge in [-0.1, -0.05) is 63.5 Å². The first-order chi connectivity index (χ1) is 31.7. The Balaban J connectivity index is 1.02. The van der Waals surface area contributed by atoms with Crippen molar-refractivity contribution >= 4 is 96.2 Å². The number of phenols is 1. The number of phenolic OH excluding ortho intramolecular Hbond substituents is 1. The fourth-order valence-corrected chi connectivity index (χ4v) is 12.7. The lowest BCUT2D eigenvalue weighted by molar-refractivity contribution is -0.131. The van der Waals surface area contributed by atoms with Gasteiger partial charge in [0.2, 0.25) is 23.6 Å². The molecule has 4 aromatic carbocycles. The number of benzene rings is 4. The Morgan fingerprint density at radius 2 is 1.62 bits per heavy atom. The van der Waals surface area contributed by atoms with Crippen molar-refractivity contribution in [3.8, 4) is 33.6 Å². The topological polar surface area (TPSA) is 140 Å². The summed E-state index contributed by atoms with van der Waals surface area (Å²) >= 11 is 11.5. The van der Waals surface area contributed by atoms with Crippen LogP contribution in [0.15, 0.2) is 95.0 Å². The van der Waals surface area contributed by atoms with Crippen LogP contribution in [-0.2, 0) is 26.2 Å². The van der Waals surface area contributed by atoms with Crippen LogP contribution in [-0.4, -0.2) is 59.8 Å². The van der Waals surface area contributed by atoms with Crippen molar-refractivity contribution in [3.05, 3.63) is 122 Å². The summed E-state index contributed by atoms with van der Waals surface area (Å²) in [5, 5.41) is 18.3. The van der Waals surface area contributed by atoms with Gasteiger partial charge in [-0.25, -0.2) is 4.90 Å². The van der Waals surface area contributed by atoms with Crippen LogP contribution in [0, 0.1) is 36.0 Å². The maximum absolute atomic E-state index is 15.4. The maximum Gasteiger partial charge on any atom is 0.242 e. The molecule has 4 amide bonds. The summed E-state index contributed by atoms with van der Waals surface area (Å²) in [6, 6.07) is 23.6. The molecule has 4 aliphatic rings. The Kier molecular flexibility index (Phi) is 10.8. The molecule has 3 fully saturated rings. The van der Waals surface area contributed by atoms with E-state index in [1.165, 1.54) is 16.9 Å². The number of carbonyl (C=O) groups is 4. The van der Waals surface area contributed by atoms with E-state index in [-0.39, 0.29) is 36.2 Å². The lowest BCUT2D eigenvalue weighted by Crippen LogP contribution is -2.49. The highest BCUT2D eigenvalue weighted by Gasteiger charge is 2.68. The van der Waals surface area contributed by atoms with E-state index in [2.05, 4.69) is 15.9 Å². The number of thiophene rings is 1. The van der Waals surface area contributed by atoms with Crippen LogP contribution in [0.5, 0.6) is 23.0 Å². The fourth-order valence-electron chi connectivity index (χ4n) is 10.9. The van der Waals surface area contributed by atoms with Gasteiger partial charge in [0.25, 0.3) is 0 Å². The number of amides is 4. The summed E-state index contributed by atoms with van der Waals surface area (Å²) in [5.41, 5.74) is 3.36. The molecule has 2 aliphatic heterocycles. The zero-order valence-corrected chi connectivity index (χ0v) is 40.0. The molecule has 0 radical (unpaired) electrons. The zero-order chi connectivity index (χ0) is 46.5. The average molecular weight is 988 g/mol. The third kappa shape index (κ3) is 6.62. The zero-order valence-electron chi connectivity index (χ0n) is 36.8. The van der Waals surface area contributed by atoms with Crippen LogP contribution in [0.25, 0.3) is 32.8 Å². The molecule has 10 rings (SSSR count). The molecule has 336 valence electrons. The Morgan fingerprint density at radius 3 is 2.35 bits per heavy atom. The number of carbonyl (C=O) groups excluding carboxylic acids is 4. The molecule has 2 aromatic heterocycles. The number of aromatic hydroxyl groups is 1. The van der Waals surface area contributed by atoms with Gasteiger partial charge in [-0.2, -0.15) is 5.10 Å². The summed E-state index contributed by atoms with van der Waals surface area (Å²) < 4.78 is 19.7. The number of halogens is 2. The Morgan fingerprint density at radius 1 is 0.864 bits per heavy atom. The van der Waals surface area contributed by atoms with Crippen LogP contribution in [0.1, 0.15) is 47.9 Å². The number of rotatable bonds is 9. The number of methoxy groups -OCH3 is 3. The van der Waals surface area contributed by atoms with Crippen molar-refractivity contribution in [2.24, 2.45) is 36.1 Å². The lowest BCUT2D eigenvalue weighted by atomic mass is 9.51. The smallest absolute Gasteiger partial charge is 0.242 e. The highest BCUT2D eigenvalue weighted by atomic mass is 79.9. The summed E-state index contributed by atoms with van der Waals surface area (Å²) in [6.45, 7) is 3.78. The number of hydrogen-bond acceptors (Lipinski definition) is 10. The molecule has 2 aliphatic carbocycles. The highest BCUT2D eigenvalue weighted by Crippen LogP contribution is 2.65. The van der Waals surface area contributed by atoms with Crippen LogP contribution in [0.3, 0.4) is 0 Å². The van der Waals surface area contributed by atoms with Crippen molar-refractivity contribution in [1.29, 1.82) is 0 Å². The largest absolute Gasteiger partial charge is 0.504 e. The first-order valence-electron chi connectivity index (χ1n) is 21.4. The van der Waals surface area contributed by atoms with Gasteiger partial charge in [0.1, 0.15) is 23.0 Å². The second kappa shape index (κ2) is 16.3. The number of hydrogen-bond donors (Lipinski definition) is 1. The van der Waals surface area contributed by atoms with Gasteiger partial charge >= 0.3 is 0 Å². The van der Waals surface area contributed by atoms with Gasteiger partial charge in [0.15, 0.2) is 11.5 Å². The van der Waals surface area contributed by atoms with E-state index in [0.717, 1.165) is 37.2 Å². The van der Waals surface area contributed by atoms with Crippen LogP contribution in [0.4, 0.5) is 11.5 Å². The number of anilines is 2. The summed E-state index contributed by atoms with van der Waals surface area (Å²) in [7, 11) is 6.35. The first kappa shape index (κ1) is 43.7. The predicted molar refractivity (Wildman–Crippen MR) is 258 cm³/mol. The number of nitrogens with zero attached hydrogens (tertiary/aromatic N) is 4. The van der Waals surface area contributed by atoms with Gasteiger partial charge < -0.3 is 19.3 Å². The number of aromatic nitrogens is 2. The van der Waals surface area contributed by atoms with Crippen molar-refractivity contribution in [2.45, 2.75) is 32.6 Å². The molecule has 66 heavy (non-hydrogen) atoms. The SMILES string of the molecule is COc1ccc(OC)c(C=Cc2ccc(N3C(=O)[C@H]4[C@H](CC=C5[C@H]4C[C@H]4C(=O)N(c6cc(-c7sc8ccc(Cl)cc8c7C)nn6C)C(=O)[C@@]4(C)[C@H]5c4cc(Br)cc(OC)c4O)C3=O)cc2)c1. The van der Waals surface area contributed by atoms with Crippen molar-refractivity contribution < 1.29 is 38.5 Å². The molecule has 2 saturated heterocycles. The van der Waals surface area contributed by atoms with Gasteiger partial charge in [-0.3, -0.25) is 28.8 Å². The fraction of sp³-hybridized carbons (Fsp3) is 0.275. The quantitative estimate of drug-likeness (QED) is 0.0852. The lowest BCUT2D eigenvalue weighted by Gasteiger charge is -2.49. The summed E-state index contributed by atoms with van der Waals surface area (Å²) in [6.07, 6.45) is 6.15. The molecule has 1 N–H and O–H groups in total. The molecule has 0 bridgehead atoms. The number of fused-ring (bicyclic) bond motifs is 5. The minimum Gasteiger partial charge on any atom is -0.504 e. The number of allylic oxidation sites excluding steroid dienone is 2. The van der Waals surface area contributed by atoms with Gasteiger partial charge in [0.05, 0.1) is 55.1 Å². The second-order valence-corrected chi connectivity index (χ2v) is 19.9. The van der Waals surface area contributed by atoms with Crippen molar-refractivity contribution in [3.63, 3.8) is 0 Å². The van der Waals surface area contributed by atoms with Gasteiger partial charge in [-0.05, 0) is 110 Å². The second-order valence-electron chi connectivity index (χ2n) is 17.5. The summed E-state index contributed by atoms with van der Waals surface area (Å²) in [5.74, 6) is -3.82. The van der Waals surface area contributed by atoms with E-state index < -0.39 is 46.8 Å². The molecule has 0 unspecified atom stereocenters. The number of aryl methyl sites for hydroxylation is 2. The van der Waals surface area contributed by atoms with Crippen LogP contribution >= 0.6 is 38.9 Å². The molecule has 0 spiro atoms. The molecule has 6 aromatic rings. The third-order valence-electron chi connectivity index (χ3n) is 14.1. The molecular formula is C51H44BrClN4O8S. The molecule has 12 nitrogen and oxygen atoms in total. The third-order valence-corrected chi connectivity index (χ3v) is 16.1. The number of ether oxygens (including phenoxy) is 3. The minimum atomic E-state index is -1.42. The monoisotopic (exact) mass is 986 g/mol. The Hall–Kier alpha value is -6.22. The molecule has 1 saturated carbocycles. The van der Waals surface area contributed by atoms with E-state index in [4.69, 9.17) is 30.9 Å². The van der Waals surface area contributed by atoms with E-state index in [0.29, 0.717) is 43.8 Å². The van der Waals surface area contributed by atoms with Crippen molar-refractivity contribution in [2.75, 3.05) is 31.1 Å². The minimum absolute atomic E-state index is 0.137. The Bertz CT molecular complexity index is 3120.